The van der Waals surface area contributed by atoms with Crippen molar-refractivity contribution >= 4 is 11.8 Å². The molecule has 0 aromatic carbocycles. The van der Waals surface area contributed by atoms with Crippen molar-refractivity contribution in [2.75, 3.05) is 0 Å². The molecule has 13 heavy (non-hydrogen) atoms. The summed E-state index contributed by atoms with van der Waals surface area (Å²) in [5.74, 6) is -0.655. The molecule has 1 N–H and O–H groups in total. The molecule has 0 bridgehead atoms. The van der Waals surface area contributed by atoms with E-state index in [-0.39, 0.29) is 17.6 Å². The SMILES string of the molecule is CC[C@@](C)(CCC(C)=O)CC(=O)O. The minimum Gasteiger partial charge on any atom is -0.481 e. The molecular formula is C10H18O3. The Morgan fingerprint density at radius 2 is 1.92 bits per heavy atom. The van der Waals surface area contributed by atoms with Crippen molar-refractivity contribution in [2.45, 2.75) is 46.5 Å². The van der Waals surface area contributed by atoms with Crippen LogP contribution in [0.4, 0.5) is 0 Å². The number of carbonyl (C=O) groups is 2. The number of aliphatic carboxylic acids is 1. The molecule has 3 nitrogen and oxygen atoms in total. The lowest BCUT2D eigenvalue weighted by Gasteiger charge is -2.25. The van der Waals surface area contributed by atoms with Gasteiger partial charge < -0.3 is 9.90 Å². The van der Waals surface area contributed by atoms with Crippen LogP contribution in [0.2, 0.25) is 0 Å². The highest BCUT2D eigenvalue weighted by molar-refractivity contribution is 5.75. The van der Waals surface area contributed by atoms with Crippen LogP contribution in [0.1, 0.15) is 46.5 Å². The van der Waals surface area contributed by atoms with Crippen LogP contribution in [0.25, 0.3) is 0 Å². The molecule has 0 aromatic heterocycles. The summed E-state index contributed by atoms with van der Waals surface area (Å²) in [6, 6.07) is 0. The van der Waals surface area contributed by atoms with Crippen LogP contribution >= 0.6 is 0 Å². The van der Waals surface area contributed by atoms with E-state index in [0.29, 0.717) is 12.8 Å². The number of hydrogen-bond acceptors (Lipinski definition) is 2. The molecule has 0 saturated carbocycles. The van der Waals surface area contributed by atoms with Gasteiger partial charge in [-0.15, -0.1) is 0 Å². The second-order valence-corrected chi connectivity index (χ2v) is 3.94. The third-order valence-electron chi connectivity index (χ3n) is 2.51. The van der Waals surface area contributed by atoms with Crippen molar-refractivity contribution in [1.82, 2.24) is 0 Å². The molecule has 0 heterocycles. The van der Waals surface area contributed by atoms with Crippen LogP contribution in [0.5, 0.6) is 0 Å². The van der Waals surface area contributed by atoms with Gasteiger partial charge in [-0.3, -0.25) is 4.79 Å². The zero-order valence-electron chi connectivity index (χ0n) is 8.59. The first-order chi connectivity index (χ1) is 5.89. The monoisotopic (exact) mass is 186 g/mol. The lowest BCUT2D eigenvalue weighted by atomic mass is 9.79. The number of Topliss-reactive ketones (excluding diaryl/α,β-unsaturated/α-hetero) is 1. The van der Waals surface area contributed by atoms with Crippen molar-refractivity contribution in [3.05, 3.63) is 0 Å². The molecular weight excluding hydrogens is 168 g/mol. The Labute approximate surface area is 79.1 Å². The molecule has 0 amide bonds. The van der Waals surface area contributed by atoms with Crippen LogP contribution in [0.15, 0.2) is 0 Å². The Balaban J connectivity index is 4.10. The summed E-state index contributed by atoms with van der Waals surface area (Å²) in [7, 11) is 0. The largest absolute Gasteiger partial charge is 0.481 e. The number of carbonyl (C=O) groups excluding carboxylic acids is 1. The molecule has 0 fully saturated rings. The maximum absolute atomic E-state index is 10.7. The van der Waals surface area contributed by atoms with Gasteiger partial charge in [-0.25, -0.2) is 0 Å². The maximum atomic E-state index is 10.7. The minimum absolute atomic E-state index is 0.130. The lowest BCUT2D eigenvalue weighted by molar-refractivity contribution is -0.140. The first-order valence-electron chi connectivity index (χ1n) is 4.61. The Kier molecular flexibility index (Phi) is 4.67. The maximum Gasteiger partial charge on any atom is 0.303 e. The fourth-order valence-corrected chi connectivity index (χ4v) is 1.23. The van der Waals surface area contributed by atoms with Gasteiger partial charge in [0.05, 0.1) is 6.42 Å². The molecule has 0 aliphatic carbocycles. The van der Waals surface area contributed by atoms with Crippen LogP contribution in [0, 0.1) is 5.41 Å². The molecule has 0 rings (SSSR count). The van der Waals surface area contributed by atoms with Gasteiger partial charge in [-0.1, -0.05) is 20.3 Å². The normalized spacial score (nSPS) is 15.0. The molecule has 0 aliphatic rings. The van der Waals surface area contributed by atoms with Gasteiger partial charge in [0.1, 0.15) is 5.78 Å². The Bertz CT molecular complexity index is 198. The Morgan fingerprint density at radius 3 is 2.23 bits per heavy atom. The number of carboxylic acids is 1. The van der Waals surface area contributed by atoms with E-state index in [1.54, 1.807) is 0 Å². The van der Waals surface area contributed by atoms with E-state index >= 15 is 0 Å². The highest BCUT2D eigenvalue weighted by atomic mass is 16.4. The van der Waals surface area contributed by atoms with E-state index < -0.39 is 5.97 Å². The second kappa shape index (κ2) is 5.00. The lowest BCUT2D eigenvalue weighted by Crippen LogP contribution is -2.20. The Morgan fingerprint density at radius 1 is 1.38 bits per heavy atom. The fraction of sp³-hybridized carbons (Fsp3) is 0.800. The number of carboxylic acid groups (broad SMARTS) is 1. The van der Waals surface area contributed by atoms with E-state index in [0.717, 1.165) is 6.42 Å². The first-order valence-corrected chi connectivity index (χ1v) is 4.61. The minimum atomic E-state index is -0.784. The quantitative estimate of drug-likeness (QED) is 0.692. The molecule has 0 radical (unpaired) electrons. The van der Waals surface area contributed by atoms with Gasteiger partial charge in [-0.2, -0.15) is 0 Å². The standard InChI is InChI=1S/C10H18O3/c1-4-10(3,7-9(12)13)6-5-8(2)11/h4-7H2,1-3H3,(H,12,13)/t10-/m0/s1. The first kappa shape index (κ1) is 12.1. The summed E-state index contributed by atoms with van der Waals surface area (Å²) in [5.41, 5.74) is -0.225. The predicted molar refractivity (Wildman–Crippen MR) is 50.6 cm³/mol. The number of rotatable bonds is 6. The summed E-state index contributed by atoms with van der Waals surface area (Å²) in [6.07, 6.45) is 2.10. The van der Waals surface area contributed by atoms with Crippen molar-refractivity contribution in [3.8, 4) is 0 Å². The molecule has 1 atom stereocenters. The van der Waals surface area contributed by atoms with Crippen molar-refractivity contribution < 1.29 is 14.7 Å². The summed E-state index contributed by atoms with van der Waals surface area (Å²) in [5, 5.41) is 8.66. The topological polar surface area (TPSA) is 54.4 Å². The van der Waals surface area contributed by atoms with Crippen molar-refractivity contribution in [2.24, 2.45) is 5.41 Å². The van der Waals surface area contributed by atoms with E-state index in [9.17, 15) is 9.59 Å². The van der Waals surface area contributed by atoms with Crippen LogP contribution in [-0.4, -0.2) is 16.9 Å². The smallest absolute Gasteiger partial charge is 0.303 e. The van der Waals surface area contributed by atoms with Gasteiger partial charge >= 0.3 is 5.97 Å². The molecule has 0 saturated heterocycles. The summed E-state index contributed by atoms with van der Waals surface area (Å²) in [6.45, 7) is 5.42. The van der Waals surface area contributed by atoms with Crippen LogP contribution in [-0.2, 0) is 9.59 Å². The number of ketones is 1. The average Bonchev–Trinajstić information content (AvgIpc) is 2.00. The van der Waals surface area contributed by atoms with Gasteiger partial charge in [0.2, 0.25) is 0 Å². The van der Waals surface area contributed by atoms with Gasteiger partial charge in [-0.05, 0) is 18.8 Å². The summed E-state index contributed by atoms with van der Waals surface area (Å²) in [4.78, 5) is 21.3. The number of hydrogen-bond donors (Lipinski definition) is 1. The summed E-state index contributed by atoms with van der Waals surface area (Å²) >= 11 is 0. The zero-order chi connectivity index (χ0) is 10.5. The molecule has 3 heteroatoms. The van der Waals surface area contributed by atoms with E-state index in [2.05, 4.69) is 0 Å². The molecule has 0 spiro atoms. The third kappa shape index (κ3) is 5.39. The average molecular weight is 186 g/mol. The van der Waals surface area contributed by atoms with E-state index in [1.165, 1.54) is 6.92 Å². The van der Waals surface area contributed by atoms with E-state index in [1.807, 2.05) is 13.8 Å². The van der Waals surface area contributed by atoms with Gasteiger partial charge in [0.25, 0.3) is 0 Å². The zero-order valence-corrected chi connectivity index (χ0v) is 8.59. The molecule has 0 unspecified atom stereocenters. The van der Waals surface area contributed by atoms with Crippen molar-refractivity contribution in [1.29, 1.82) is 0 Å². The van der Waals surface area contributed by atoms with Crippen molar-refractivity contribution in [3.63, 3.8) is 0 Å². The summed E-state index contributed by atoms with van der Waals surface area (Å²) < 4.78 is 0. The Hall–Kier alpha value is -0.860. The molecule has 0 aliphatic heterocycles. The highest BCUT2D eigenvalue weighted by Crippen LogP contribution is 2.31. The van der Waals surface area contributed by atoms with Crippen LogP contribution < -0.4 is 0 Å². The predicted octanol–water partition coefficient (Wildman–Crippen LogP) is 2.25. The van der Waals surface area contributed by atoms with Gasteiger partial charge in [0.15, 0.2) is 0 Å². The molecule has 76 valence electrons. The highest BCUT2D eigenvalue weighted by Gasteiger charge is 2.25. The second-order valence-electron chi connectivity index (χ2n) is 3.94. The van der Waals surface area contributed by atoms with Crippen LogP contribution in [0.3, 0.4) is 0 Å². The third-order valence-corrected chi connectivity index (χ3v) is 2.51. The fourth-order valence-electron chi connectivity index (χ4n) is 1.23. The van der Waals surface area contributed by atoms with Gasteiger partial charge in [0, 0.05) is 6.42 Å². The molecule has 0 aromatic rings. The van der Waals surface area contributed by atoms with E-state index in [4.69, 9.17) is 5.11 Å².